The number of hydrogen-bond acceptors (Lipinski definition) is 0. The largest absolute Gasteiger partial charge is 0.460 e. The molecule has 48 heavy (non-hydrogen) atoms. The standard InChI is InChI=1S/C29H47F17N2/c1-6-7-8-9-10-11-12-13-14-15-18-47(2,3)20-21-48(4,5)19-16-17-22(30,31)23(32,33)24(34,35)25(36,37)26(38,39)27(40,41)28(42,43)29(44,45)46/h6-21H2,1-5H3/q+2. The lowest BCUT2D eigenvalue weighted by molar-refractivity contribution is -0.946. The topological polar surface area (TPSA) is 0 Å². The monoisotopic (exact) mass is 746 g/mol. The molecule has 0 saturated heterocycles. The summed E-state index contributed by atoms with van der Waals surface area (Å²) in [5.74, 6) is -55.9. The van der Waals surface area contributed by atoms with Crippen molar-refractivity contribution in [2.45, 2.75) is 132 Å². The molecule has 0 N–H and O–H groups in total. The van der Waals surface area contributed by atoms with Gasteiger partial charge in [-0.15, -0.1) is 0 Å². The van der Waals surface area contributed by atoms with Crippen LogP contribution in [-0.2, 0) is 0 Å². The molecule has 0 spiro atoms. The summed E-state index contributed by atoms with van der Waals surface area (Å²) in [6.45, 7) is 3.03. The Morgan fingerprint density at radius 3 is 0.979 bits per heavy atom. The van der Waals surface area contributed by atoms with Gasteiger partial charge in [-0.25, -0.2) is 0 Å². The highest BCUT2D eigenvalue weighted by Gasteiger charge is 2.95. The molecule has 0 aromatic rings. The lowest BCUT2D eigenvalue weighted by atomic mass is 9.88. The van der Waals surface area contributed by atoms with Crippen molar-refractivity contribution in [3.05, 3.63) is 0 Å². The first-order valence-corrected chi connectivity index (χ1v) is 15.6. The van der Waals surface area contributed by atoms with Crippen molar-refractivity contribution in [2.24, 2.45) is 0 Å². The average molecular weight is 747 g/mol. The maximum absolute atomic E-state index is 14.3. The third kappa shape index (κ3) is 10.6. The third-order valence-electron chi connectivity index (χ3n) is 8.47. The number of likely N-dealkylation sites (N-methyl/N-ethyl adjacent to an activating group) is 2. The molecule has 2 nitrogen and oxygen atoms in total. The summed E-state index contributed by atoms with van der Waals surface area (Å²) in [6.07, 6.45) is -0.174. The third-order valence-corrected chi connectivity index (χ3v) is 8.47. The summed E-state index contributed by atoms with van der Waals surface area (Å²) in [4.78, 5) is 0. The van der Waals surface area contributed by atoms with Crippen molar-refractivity contribution in [2.75, 3.05) is 54.4 Å². The van der Waals surface area contributed by atoms with Gasteiger partial charge in [-0.3, -0.25) is 0 Å². The minimum absolute atomic E-state index is 0.190. The molecule has 0 rings (SSSR count). The van der Waals surface area contributed by atoms with E-state index in [9.17, 15) is 74.6 Å². The van der Waals surface area contributed by atoms with Crippen LogP contribution >= 0.6 is 0 Å². The number of alkyl halides is 17. The Hall–Kier alpha value is -1.27. The molecule has 0 radical (unpaired) electrons. The Labute approximate surface area is 270 Å². The molecule has 0 fully saturated rings. The van der Waals surface area contributed by atoms with Gasteiger partial charge in [0.1, 0.15) is 13.1 Å². The van der Waals surface area contributed by atoms with Gasteiger partial charge in [-0.2, -0.15) is 74.6 Å². The Balaban J connectivity index is 5.33. The molecule has 0 atom stereocenters. The first-order chi connectivity index (χ1) is 21.2. The van der Waals surface area contributed by atoms with E-state index in [1.807, 2.05) is 14.1 Å². The number of hydrogen-bond donors (Lipinski definition) is 0. The fourth-order valence-corrected chi connectivity index (χ4v) is 4.87. The van der Waals surface area contributed by atoms with Gasteiger partial charge >= 0.3 is 47.6 Å². The summed E-state index contributed by atoms with van der Waals surface area (Å²) >= 11 is 0. The molecular weight excluding hydrogens is 699 g/mol. The van der Waals surface area contributed by atoms with Gasteiger partial charge in [0.15, 0.2) is 0 Å². The molecule has 0 amide bonds. The van der Waals surface area contributed by atoms with Crippen LogP contribution < -0.4 is 0 Å². The van der Waals surface area contributed by atoms with Gasteiger partial charge in [0, 0.05) is 12.8 Å². The fourth-order valence-electron chi connectivity index (χ4n) is 4.87. The van der Waals surface area contributed by atoms with E-state index < -0.39 is 67.0 Å². The number of rotatable bonds is 24. The zero-order chi connectivity index (χ0) is 38.3. The zero-order valence-corrected chi connectivity index (χ0v) is 27.6. The summed E-state index contributed by atoms with van der Waals surface area (Å²) < 4.78 is 229. The van der Waals surface area contributed by atoms with Gasteiger partial charge in [0.25, 0.3) is 0 Å². The minimum Gasteiger partial charge on any atom is -0.324 e. The molecule has 0 unspecified atom stereocenters. The van der Waals surface area contributed by atoms with Crippen molar-refractivity contribution in [3.8, 4) is 0 Å². The molecule has 0 saturated carbocycles. The predicted octanol–water partition coefficient (Wildman–Crippen LogP) is 10.8. The van der Waals surface area contributed by atoms with Gasteiger partial charge < -0.3 is 8.97 Å². The van der Waals surface area contributed by atoms with Gasteiger partial charge in [0.2, 0.25) is 0 Å². The zero-order valence-electron chi connectivity index (χ0n) is 27.6. The summed E-state index contributed by atoms with van der Waals surface area (Å²) in [6, 6.07) is 0. The van der Waals surface area contributed by atoms with Crippen LogP contribution in [0.15, 0.2) is 0 Å². The van der Waals surface area contributed by atoms with Crippen LogP contribution in [0, 0.1) is 0 Å². The summed E-state index contributed by atoms with van der Waals surface area (Å²) in [5.41, 5.74) is 0. The van der Waals surface area contributed by atoms with E-state index in [0.29, 0.717) is 11.0 Å². The van der Waals surface area contributed by atoms with E-state index >= 15 is 0 Å². The molecule has 0 heterocycles. The predicted molar refractivity (Wildman–Crippen MR) is 145 cm³/mol. The number of nitrogens with zero attached hydrogens (tertiary/aromatic N) is 2. The summed E-state index contributed by atoms with van der Waals surface area (Å²) in [7, 11) is 6.61. The van der Waals surface area contributed by atoms with E-state index in [1.165, 1.54) is 46.2 Å². The van der Waals surface area contributed by atoms with E-state index in [4.69, 9.17) is 0 Å². The first-order valence-electron chi connectivity index (χ1n) is 15.6. The molecule has 290 valence electrons. The van der Waals surface area contributed by atoms with Crippen LogP contribution in [0.25, 0.3) is 0 Å². The SMILES string of the molecule is CCCCCCCCCCCC[N+](C)(C)CC[N+](C)(C)CCCC(F)(F)C(F)(F)C(F)(F)C(F)(F)C(F)(F)C(F)(F)C(F)(F)C(F)(F)F. The van der Waals surface area contributed by atoms with Crippen LogP contribution in [0.1, 0.15) is 84.0 Å². The Bertz CT molecular complexity index is 960. The molecule has 0 bridgehead atoms. The van der Waals surface area contributed by atoms with Crippen LogP contribution in [-0.4, -0.2) is 111 Å². The lowest BCUT2D eigenvalue weighted by Crippen LogP contribution is -2.74. The van der Waals surface area contributed by atoms with E-state index in [1.54, 1.807) is 0 Å². The van der Waals surface area contributed by atoms with Crippen LogP contribution in [0.4, 0.5) is 74.6 Å². The number of halogens is 17. The van der Waals surface area contributed by atoms with Gasteiger partial charge in [-0.1, -0.05) is 58.3 Å². The van der Waals surface area contributed by atoms with Gasteiger partial charge in [-0.05, 0) is 12.8 Å². The van der Waals surface area contributed by atoms with Crippen LogP contribution in [0.5, 0.6) is 0 Å². The molecule has 19 heteroatoms. The highest BCUT2D eigenvalue weighted by atomic mass is 19.4. The second kappa shape index (κ2) is 16.4. The molecular formula is C29H47F17N2+2. The second-order valence-corrected chi connectivity index (χ2v) is 13.7. The van der Waals surface area contributed by atoms with E-state index in [2.05, 4.69) is 6.92 Å². The smallest absolute Gasteiger partial charge is 0.324 e. The highest BCUT2D eigenvalue weighted by Crippen LogP contribution is 2.64. The second-order valence-electron chi connectivity index (χ2n) is 13.7. The average Bonchev–Trinajstić information content (AvgIpc) is 2.91. The van der Waals surface area contributed by atoms with Crippen LogP contribution in [0.2, 0.25) is 0 Å². The fraction of sp³-hybridized carbons (Fsp3) is 1.00. The van der Waals surface area contributed by atoms with Crippen molar-refractivity contribution < 1.29 is 83.6 Å². The number of quaternary nitrogens is 2. The molecule has 0 aliphatic carbocycles. The molecule has 0 aliphatic rings. The minimum atomic E-state index is -8.60. The maximum atomic E-state index is 14.3. The molecule has 0 aromatic heterocycles. The van der Waals surface area contributed by atoms with Crippen molar-refractivity contribution in [3.63, 3.8) is 0 Å². The lowest BCUT2D eigenvalue weighted by Gasteiger charge is -2.43. The van der Waals surface area contributed by atoms with Crippen LogP contribution in [0.3, 0.4) is 0 Å². The molecule has 0 aromatic carbocycles. The van der Waals surface area contributed by atoms with E-state index in [0.717, 1.165) is 38.6 Å². The normalized spacial score (nSPS) is 15.4. The highest BCUT2D eigenvalue weighted by molar-refractivity contribution is 5.15. The Kier molecular flexibility index (Phi) is 16.0. The Morgan fingerprint density at radius 2 is 0.625 bits per heavy atom. The molecule has 0 aliphatic heterocycles. The summed E-state index contributed by atoms with van der Waals surface area (Å²) in [5, 5.41) is 0. The maximum Gasteiger partial charge on any atom is 0.460 e. The Morgan fingerprint density at radius 1 is 0.333 bits per heavy atom. The number of unbranched alkanes of at least 4 members (excludes halogenated alkanes) is 9. The quantitative estimate of drug-likeness (QED) is 0.0524. The van der Waals surface area contributed by atoms with Crippen molar-refractivity contribution in [1.82, 2.24) is 0 Å². The van der Waals surface area contributed by atoms with E-state index in [-0.39, 0.29) is 11.0 Å². The first kappa shape index (κ1) is 46.7. The van der Waals surface area contributed by atoms with Crippen molar-refractivity contribution in [1.29, 1.82) is 0 Å². The van der Waals surface area contributed by atoms with Gasteiger partial charge in [0.05, 0.1) is 41.3 Å². The van der Waals surface area contributed by atoms with Crippen molar-refractivity contribution >= 4 is 0 Å².